The minimum Gasteiger partial charge on any atom is -0.495 e. The zero-order chi connectivity index (χ0) is 16.1. The third kappa shape index (κ3) is 3.71. The van der Waals surface area contributed by atoms with Gasteiger partial charge in [-0.15, -0.1) is 0 Å². The highest BCUT2D eigenvalue weighted by atomic mass is 32.1. The van der Waals surface area contributed by atoms with E-state index in [2.05, 4.69) is 26.2 Å². The second-order valence-electron chi connectivity index (χ2n) is 5.35. The van der Waals surface area contributed by atoms with E-state index in [0.717, 1.165) is 48.5 Å². The summed E-state index contributed by atoms with van der Waals surface area (Å²) in [5, 5.41) is 4.03. The Morgan fingerprint density at radius 2 is 1.83 bits per heavy atom. The predicted molar refractivity (Wildman–Crippen MR) is 96.0 cm³/mol. The maximum absolute atomic E-state index is 5.55. The summed E-state index contributed by atoms with van der Waals surface area (Å²) in [5.74, 6) is 1.95. The maximum atomic E-state index is 5.55. The highest BCUT2D eigenvalue weighted by Crippen LogP contribution is 2.23. The number of nitrogens with one attached hydrogen (secondary N) is 2. The van der Waals surface area contributed by atoms with E-state index in [4.69, 9.17) is 17.0 Å². The fourth-order valence-corrected chi connectivity index (χ4v) is 2.97. The lowest BCUT2D eigenvalue weighted by Crippen LogP contribution is -2.51. The van der Waals surface area contributed by atoms with Crippen LogP contribution in [0.15, 0.2) is 48.7 Å². The smallest absolute Gasteiger partial charge is 0.274 e. The number of methoxy groups -OCH3 is 1. The Morgan fingerprint density at radius 1 is 1.09 bits per heavy atom. The lowest BCUT2D eigenvalue weighted by atomic mass is 10.3. The van der Waals surface area contributed by atoms with Crippen molar-refractivity contribution in [3.63, 3.8) is 0 Å². The van der Waals surface area contributed by atoms with Gasteiger partial charge < -0.3 is 15.0 Å². The van der Waals surface area contributed by atoms with Gasteiger partial charge in [0.2, 0.25) is 0 Å². The van der Waals surface area contributed by atoms with E-state index in [0.29, 0.717) is 0 Å². The maximum Gasteiger partial charge on any atom is 0.274 e. The molecule has 0 bridgehead atoms. The van der Waals surface area contributed by atoms with Gasteiger partial charge in [0.15, 0.2) is 5.11 Å². The number of hydrogen-bond donors (Lipinski definition) is 1. The van der Waals surface area contributed by atoms with Gasteiger partial charge in [0.05, 0.1) is 32.1 Å². The van der Waals surface area contributed by atoms with Gasteiger partial charge in [0.25, 0.3) is 5.82 Å². The fraction of sp³-hybridized carbons (Fsp3) is 0.294. The molecule has 6 heteroatoms. The fourth-order valence-electron chi connectivity index (χ4n) is 2.67. The van der Waals surface area contributed by atoms with Gasteiger partial charge in [0.1, 0.15) is 18.8 Å². The van der Waals surface area contributed by atoms with Crippen LogP contribution < -0.4 is 19.9 Å². The minimum atomic E-state index is 0.742. The first kappa shape index (κ1) is 15.6. The zero-order valence-corrected chi connectivity index (χ0v) is 14.0. The molecule has 1 aromatic heterocycles. The van der Waals surface area contributed by atoms with Gasteiger partial charge in [-0.2, -0.15) is 0 Å². The number of para-hydroxylation sites is 2. The number of anilines is 2. The molecule has 0 spiro atoms. The number of aromatic nitrogens is 1. The number of nitrogens with zero attached hydrogens (tertiary/aromatic N) is 2. The molecule has 3 rings (SSSR count). The van der Waals surface area contributed by atoms with Crippen LogP contribution in [0.1, 0.15) is 0 Å². The summed E-state index contributed by atoms with van der Waals surface area (Å²) >= 11 is 5.55. The number of ether oxygens (including phenoxy) is 1. The van der Waals surface area contributed by atoms with Gasteiger partial charge in [-0.3, -0.25) is 4.90 Å². The number of pyridine rings is 1. The first-order chi connectivity index (χ1) is 11.3. The van der Waals surface area contributed by atoms with Crippen LogP contribution in [-0.4, -0.2) is 43.3 Å². The van der Waals surface area contributed by atoms with Gasteiger partial charge in [-0.25, -0.2) is 4.98 Å². The number of H-pyrrole nitrogens is 1. The van der Waals surface area contributed by atoms with Crippen molar-refractivity contribution in [3.05, 3.63) is 48.7 Å². The summed E-state index contributed by atoms with van der Waals surface area (Å²) in [5.41, 5.74) is 0.902. The van der Waals surface area contributed by atoms with Crippen LogP contribution in [0.5, 0.6) is 5.75 Å². The molecule has 120 valence electrons. The molecule has 2 aromatic rings. The van der Waals surface area contributed by atoms with Crippen LogP contribution in [0.25, 0.3) is 0 Å². The van der Waals surface area contributed by atoms with E-state index < -0.39 is 0 Å². The summed E-state index contributed by atoms with van der Waals surface area (Å²) in [6.07, 6.45) is 1.95. The third-order valence-corrected chi connectivity index (χ3v) is 4.31. The first-order valence-corrected chi connectivity index (χ1v) is 8.09. The number of benzene rings is 1. The van der Waals surface area contributed by atoms with Gasteiger partial charge in [0, 0.05) is 6.07 Å². The molecule has 0 radical (unpaired) electrons. The van der Waals surface area contributed by atoms with Crippen molar-refractivity contribution in [1.82, 2.24) is 4.90 Å². The summed E-state index contributed by atoms with van der Waals surface area (Å²) in [4.78, 5) is 7.81. The lowest BCUT2D eigenvalue weighted by molar-refractivity contribution is -0.364. The van der Waals surface area contributed by atoms with E-state index in [1.807, 2.05) is 42.6 Å². The van der Waals surface area contributed by atoms with Gasteiger partial charge >= 0.3 is 0 Å². The normalized spacial score (nSPS) is 14.5. The summed E-state index contributed by atoms with van der Waals surface area (Å²) in [7, 11) is 1.67. The van der Waals surface area contributed by atoms with Crippen LogP contribution in [0.4, 0.5) is 11.5 Å². The minimum absolute atomic E-state index is 0.742. The number of thiocarbonyl (C=S) groups is 1. The SMILES string of the molecule is COc1ccccc1NC(=S)N1CCN(c2cccc[nH+]2)CC1. The first-order valence-electron chi connectivity index (χ1n) is 7.68. The van der Waals surface area contributed by atoms with E-state index in [-0.39, 0.29) is 0 Å². The van der Waals surface area contributed by atoms with Crippen molar-refractivity contribution < 1.29 is 9.72 Å². The zero-order valence-electron chi connectivity index (χ0n) is 13.2. The van der Waals surface area contributed by atoms with Crippen molar-refractivity contribution in [2.75, 3.05) is 43.5 Å². The largest absolute Gasteiger partial charge is 0.495 e. The van der Waals surface area contributed by atoms with Gasteiger partial charge in [-0.05, 0) is 30.4 Å². The van der Waals surface area contributed by atoms with Crippen LogP contribution >= 0.6 is 12.2 Å². The molecule has 1 aliphatic heterocycles. The molecule has 0 unspecified atom stereocenters. The van der Waals surface area contributed by atoms with E-state index in [1.54, 1.807) is 7.11 Å². The summed E-state index contributed by atoms with van der Waals surface area (Å²) in [6.45, 7) is 3.66. The Morgan fingerprint density at radius 3 is 2.52 bits per heavy atom. The summed E-state index contributed by atoms with van der Waals surface area (Å²) in [6, 6.07) is 14.0. The Labute approximate surface area is 141 Å². The molecule has 1 aliphatic rings. The number of rotatable bonds is 3. The van der Waals surface area contributed by atoms with Crippen LogP contribution in [0.3, 0.4) is 0 Å². The van der Waals surface area contributed by atoms with Gasteiger partial charge in [-0.1, -0.05) is 18.2 Å². The van der Waals surface area contributed by atoms with E-state index in [9.17, 15) is 0 Å². The second kappa shape index (κ2) is 7.28. The average Bonchev–Trinajstić information content (AvgIpc) is 2.63. The number of aromatic amines is 1. The standard InChI is InChI=1S/C17H20N4OS/c1-22-15-7-3-2-6-14(15)19-17(23)21-12-10-20(11-13-21)16-8-4-5-9-18-16/h2-9H,10-13H2,1H3,(H,19,23)/p+1. The third-order valence-electron chi connectivity index (χ3n) is 3.95. The molecular formula is C17H21N4OS+. The molecular weight excluding hydrogens is 308 g/mol. The summed E-state index contributed by atoms with van der Waals surface area (Å²) < 4.78 is 5.36. The molecule has 0 amide bonds. The molecule has 0 atom stereocenters. The molecule has 1 fully saturated rings. The Bertz CT molecular complexity index is 657. The topological polar surface area (TPSA) is 41.9 Å². The molecule has 2 heterocycles. The molecule has 5 nitrogen and oxygen atoms in total. The molecule has 0 saturated carbocycles. The van der Waals surface area contributed by atoms with Crippen molar-refractivity contribution in [2.45, 2.75) is 0 Å². The van der Waals surface area contributed by atoms with Crippen LogP contribution in [0.2, 0.25) is 0 Å². The van der Waals surface area contributed by atoms with Crippen LogP contribution in [-0.2, 0) is 0 Å². The number of hydrogen-bond acceptors (Lipinski definition) is 3. The highest BCUT2D eigenvalue weighted by Gasteiger charge is 2.24. The lowest BCUT2D eigenvalue weighted by Gasteiger charge is -2.32. The Balaban J connectivity index is 1.58. The Kier molecular flexibility index (Phi) is 4.92. The molecule has 1 aromatic carbocycles. The Hall–Kier alpha value is -2.34. The van der Waals surface area contributed by atoms with Crippen molar-refractivity contribution >= 4 is 28.8 Å². The molecule has 2 N–H and O–H groups in total. The molecule has 0 aliphatic carbocycles. The van der Waals surface area contributed by atoms with Crippen molar-refractivity contribution in [1.29, 1.82) is 0 Å². The van der Waals surface area contributed by atoms with Crippen molar-refractivity contribution in [3.8, 4) is 5.75 Å². The van der Waals surface area contributed by atoms with E-state index in [1.165, 1.54) is 0 Å². The highest BCUT2D eigenvalue weighted by molar-refractivity contribution is 7.80. The average molecular weight is 329 g/mol. The molecule has 1 saturated heterocycles. The van der Waals surface area contributed by atoms with Crippen LogP contribution in [0, 0.1) is 0 Å². The monoisotopic (exact) mass is 329 g/mol. The molecule has 23 heavy (non-hydrogen) atoms. The van der Waals surface area contributed by atoms with Crippen molar-refractivity contribution in [2.24, 2.45) is 0 Å². The van der Waals surface area contributed by atoms with E-state index >= 15 is 0 Å². The number of piperazine rings is 1. The predicted octanol–water partition coefficient (Wildman–Crippen LogP) is 2.03. The second-order valence-corrected chi connectivity index (χ2v) is 5.74. The quantitative estimate of drug-likeness (QED) is 0.873.